The lowest BCUT2D eigenvalue weighted by Gasteiger charge is -2.33. The minimum absolute atomic E-state index is 0.0760. The van der Waals surface area contributed by atoms with E-state index in [4.69, 9.17) is 11.6 Å². The first-order valence-electron chi connectivity index (χ1n) is 7.94. The van der Waals surface area contributed by atoms with Gasteiger partial charge in [-0.3, -0.25) is 19.9 Å². The molecule has 2 aromatic rings. The lowest BCUT2D eigenvalue weighted by molar-refractivity contribution is -0.385. The molecule has 27 heavy (non-hydrogen) atoms. The Morgan fingerprint density at radius 1 is 1.19 bits per heavy atom. The van der Waals surface area contributed by atoms with E-state index in [1.165, 1.54) is 45.9 Å². The normalized spacial score (nSPS) is 15.5. The second kappa shape index (κ2) is 7.59. The van der Waals surface area contributed by atoms with Gasteiger partial charge in [-0.05, 0) is 24.3 Å². The topological polar surface area (TPSA) is 114 Å². The number of benzene rings is 1. The molecule has 0 radical (unpaired) electrons. The Bertz CT molecular complexity index is 976. The van der Waals surface area contributed by atoms with Gasteiger partial charge in [-0.15, -0.1) is 0 Å². The zero-order valence-electron chi connectivity index (χ0n) is 14.0. The van der Waals surface area contributed by atoms with Crippen molar-refractivity contribution in [2.24, 2.45) is 0 Å². The second-order valence-electron chi connectivity index (χ2n) is 5.80. The van der Waals surface area contributed by atoms with Crippen LogP contribution in [-0.4, -0.2) is 59.6 Å². The fourth-order valence-electron chi connectivity index (χ4n) is 2.79. The highest BCUT2D eigenvalue weighted by Gasteiger charge is 2.32. The summed E-state index contributed by atoms with van der Waals surface area (Å²) in [6, 6.07) is 6.83. The molecule has 0 spiro atoms. The van der Waals surface area contributed by atoms with Gasteiger partial charge >= 0.3 is 0 Å². The fraction of sp³-hybridized carbons (Fsp3) is 0.250. The molecule has 0 N–H and O–H groups in total. The molecule has 0 bridgehead atoms. The SMILES string of the molecule is O=C(c1ccc(Cl)cc1[N+](=O)[O-])N1CCN(S(=O)(=O)c2cccnc2)CC1. The molecule has 3 rings (SSSR count). The Balaban J connectivity index is 1.75. The van der Waals surface area contributed by atoms with Gasteiger partial charge in [0.05, 0.1) is 4.92 Å². The van der Waals surface area contributed by atoms with Crippen LogP contribution in [0.15, 0.2) is 47.6 Å². The Morgan fingerprint density at radius 2 is 1.89 bits per heavy atom. The Labute approximate surface area is 160 Å². The molecule has 1 aromatic carbocycles. The summed E-state index contributed by atoms with van der Waals surface area (Å²) >= 11 is 5.77. The molecule has 0 atom stereocenters. The van der Waals surface area contributed by atoms with E-state index in [0.717, 1.165) is 6.07 Å². The molecule has 1 aliphatic rings. The molecule has 9 nitrogen and oxygen atoms in total. The summed E-state index contributed by atoms with van der Waals surface area (Å²) in [6.45, 7) is 0.422. The van der Waals surface area contributed by atoms with Crippen LogP contribution in [0.2, 0.25) is 5.02 Å². The number of hydrogen-bond donors (Lipinski definition) is 0. The molecule has 0 aliphatic carbocycles. The van der Waals surface area contributed by atoms with Gasteiger partial charge in [-0.2, -0.15) is 4.31 Å². The summed E-state index contributed by atoms with van der Waals surface area (Å²) < 4.78 is 26.5. The molecule has 1 aliphatic heterocycles. The first-order chi connectivity index (χ1) is 12.8. The Morgan fingerprint density at radius 3 is 2.48 bits per heavy atom. The molecule has 0 saturated carbocycles. The van der Waals surface area contributed by atoms with E-state index in [1.807, 2.05) is 0 Å². The molecular weight excluding hydrogens is 396 g/mol. The number of piperazine rings is 1. The van der Waals surface area contributed by atoms with Crippen molar-refractivity contribution in [3.63, 3.8) is 0 Å². The first-order valence-corrected chi connectivity index (χ1v) is 9.76. The van der Waals surface area contributed by atoms with Gasteiger partial charge in [-0.25, -0.2) is 8.42 Å². The standard InChI is InChI=1S/C16H15ClN4O5S/c17-12-3-4-14(15(10-12)21(23)24)16(22)19-6-8-20(9-7-19)27(25,26)13-2-1-5-18-11-13/h1-5,10-11H,6-9H2. The maximum absolute atomic E-state index is 12.7. The summed E-state index contributed by atoms with van der Waals surface area (Å²) in [7, 11) is -3.70. The molecule has 2 heterocycles. The number of nitrogens with zero attached hydrogens (tertiary/aromatic N) is 4. The third kappa shape index (κ3) is 3.92. The van der Waals surface area contributed by atoms with E-state index in [-0.39, 0.29) is 47.3 Å². The number of nitro groups is 1. The summed E-state index contributed by atoms with van der Waals surface area (Å²) in [6.07, 6.45) is 2.75. The molecule has 1 saturated heterocycles. The Kier molecular flexibility index (Phi) is 5.40. The number of nitro benzene ring substituents is 1. The molecule has 1 aromatic heterocycles. The van der Waals surface area contributed by atoms with Gasteiger partial charge in [0.2, 0.25) is 10.0 Å². The predicted molar refractivity (Wildman–Crippen MR) is 97.0 cm³/mol. The minimum atomic E-state index is -3.70. The van der Waals surface area contributed by atoms with Crippen molar-refractivity contribution in [3.05, 3.63) is 63.4 Å². The lowest BCUT2D eigenvalue weighted by atomic mass is 10.1. The highest BCUT2D eigenvalue weighted by atomic mass is 35.5. The number of carbonyl (C=O) groups excluding carboxylic acids is 1. The molecular formula is C16H15ClN4O5S. The van der Waals surface area contributed by atoms with Crippen LogP contribution >= 0.6 is 11.6 Å². The Hall–Kier alpha value is -2.56. The maximum Gasteiger partial charge on any atom is 0.283 e. The smallest absolute Gasteiger partial charge is 0.283 e. The van der Waals surface area contributed by atoms with Gasteiger partial charge in [-0.1, -0.05) is 11.6 Å². The molecule has 11 heteroatoms. The van der Waals surface area contributed by atoms with Gasteiger partial charge in [0.25, 0.3) is 11.6 Å². The van der Waals surface area contributed by atoms with Crippen molar-refractivity contribution >= 4 is 33.2 Å². The third-order valence-electron chi connectivity index (χ3n) is 4.18. The number of pyridine rings is 1. The van der Waals surface area contributed by atoms with Crippen molar-refractivity contribution < 1.29 is 18.1 Å². The van der Waals surface area contributed by atoms with Gasteiger partial charge in [0.1, 0.15) is 10.5 Å². The zero-order chi connectivity index (χ0) is 19.6. The lowest BCUT2D eigenvalue weighted by Crippen LogP contribution is -2.50. The van der Waals surface area contributed by atoms with Crippen molar-refractivity contribution in [3.8, 4) is 0 Å². The van der Waals surface area contributed by atoms with Gasteiger partial charge in [0.15, 0.2) is 0 Å². The largest absolute Gasteiger partial charge is 0.336 e. The number of aromatic nitrogens is 1. The van der Waals surface area contributed by atoms with Crippen LogP contribution in [0.3, 0.4) is 0 Å². The second-order valence-corrected chi connectivity index (χ2v) is 8.18. The molecule has 1 fully saturated rings. The van der Waals surface area contributed by atoms with Crippen LogP contribution in [0.25, 0.3) is 0 Å². The highest BCUT2D eigenvalue weighted by Crippen LogP contribution is 2.25. The number of carbonyl (C=O) groups is 1. The van der Waals surface area contributed by atoms with Crippen molar-refractivity contribution in [1.29, 1.82) is 0 Å². The number of rotatable bonds is 4. The van der Waals surface area contributed by atoms with E-state index >= 15 is 0 Å². The van der Waals surface area contributed by atoms with E-state index in [9.17, 15) is 23.3 Å². The summed E-state index contributed by atoms with van der Waals surface area (Å²) in [4.78, 5) is 28.5. The van der Waals surface area contributed by atoms with Crippen molar-refractivity contribution in [1.82, 2.24) is 14.2 Å². The van der Waals surface area contributed by atoms with Crippen LogP contribution in [-0.2, 0) is 10.0 Å². The number of amides is 1. The summed E-state index contributed by atoms with van der Waals surface area (Å²) in [5.74, 6) is -0.531. The summed E-state index contributed by atoms with van der Waals surface area (Å²) in [5, 5.41) is 11.3. The quantitative estimate of drug-likeness (QED) is 0.560. The van der Waals surface area contributed by atoms with Crippen molar-refractivity contribution in [2.75, 3.05) is 26.2 Å². The number of halogens is 1. The van der Waals surface area contributed by atoms with Crippen LogP contribution in [0, 0.1) is 10.1 Å². The first kappa shape index (κ1) is 19.2. The molecule has 142 valence electrons. The monoisotopic (exact) mass is 410 g/mol. The predicted octanol–water partition coefficient (Wildman–Crippen LogP) is 1.79. The summed E-state index contributed by atoms with van der Waals surface area (Å²) in [5.41, 5.74) is -0.453. The van der Waals surface area contributed by atoms with Crippen LogP contribution in [0.5, 0.6) is 0 Å². The van der Waals surface area contributed by atoms with E-state index in [2.05, 4.69) is 4.98 Å². The van der Waals surface area contributed by atoms with Crippen molar-refractivity contribution in [2.45, 2.75) is 4.90 Å². The van der Waals surface area contributed by atoms with E-state index < -0.39 is 20.9 Å². The third-order valence-corrected chi connectivity index (χ3v) is 6.30. The van der Waals surface area contributed by atoms with Gasteiger partial charge < -0.3 is 4.90 Å². The maximum atomic E-state index is 12.7. The van der Waals surface area contributed by atoms with Crippen LogP contribution < -0.4 is 0 Å². The van der Waals surface area contributed by atoms with E-state index in [1.54, 1.807) is 0 Å². The highest BCUT2D eigenvalue weighted by molar-refractivity contribution is 7.89. The number of sulfonamides is 1. The van der Waals surface area contributed by atoms with Crippen LogP contribution in [0.1, 0.15) is 10.4 Å². The van der Waals surface area contributed by atoms with Crippen LogP contribution in [0.4, 0.5) is 5.69 Å². The zero-order valence-corrected chi connectivity index (χ0v) is 15.6. The average Bonchev–Trinajstić information content (AvgIpc) is 2.68. The van der Waals surface area contributed by atoms with Gasteiger partial charge in [0, 0.05) is 49.7 Å². The fourth-order valence-corrected chi connectivity index (χ4v) is 4.34. The molecule has 0 unspecified atom stereocenters. The minimum Gasteiger partial charge on any atom is -0.336 e. The van der Waals surface area contributed by atoms with E-state index in [0.29, 0.717) is 0 Å². The molecule has 1 amide bonds. The number of hydrogen-bond acceptors (Lipinski definition) is 6. The average molecular weight is 411 g/mol.